The Morgan fingerprint density at radius 2 is 2.12 bits per heavy atom. The number of thiocarbonyl (C=S) groups is 1. The number of sulfone groups is 1. The Morgan fingerprint density at radius 3 is 2.78 bits per heavy atom. The van der Waals surface area contributed by atoms with Crippen molar-refractivity contribution in [1.29, 1.82) is 0 Å². The first kappa shape index (κ1) is 22.9. The Labute approximate surface area is 196 Å². The molecule has 1 N–H and O–H groups in total. The fourth-order valence-corrected chi connectivity index (χ4v) is 6.86. The third-order valence-corrected chi connectivity index (χ3v) is 8.52. The predicted octanol–water partition coefficient (Wildman–Crippen LogP) is 2.46. The minimum atomic E-state index is -3.17. The summed E-state index contributed by atoms with van der Waals surface area (Å²) in [7, 11) is -3.17. The average molecular weight is 493 g/mol. The number of thioether (sulfide) groups is 1. The van der Waals surface area contributed by atoms with Crippen LogP contribution in [0.1, 0.15) is 31.4 Å². The maximum absolute atomic E-state index is 13.3. The first-order valence-electron chi connectivity index (χ1n) is 10.3. The first-order chi connectivity index (χ1) is 15.1. The lowest BCUT2D eigenvalue weighted by Crippen LogP contribution is -2.39. The summed E-state index contributed by atoms with van der Waals surface area (Å²) < 4.78 is 25.6. The highest BCUT2D eigenvalue weighted by Crippen LogP contribution is 2.36. The summed E-state index contributed by atoms with van der Waals surface area (Å²) >= 11 is 6.47. The highest BCUT2D eigenvalue weighted by Gasteiger charge is 2.42. The summed E-state index contributed by atoms with van der Waals surface area (Å²) in [6.07, 6.45) is 3.54. The molecule has 170 valence electrons. The van der Waals surface area contributed by atoms with Crippen molar-refractivity contribution in [3.05, 3.63) is 44.7 Å². The zero-order valence-electron chi connectivity index (χ0n) is 18.0. The van der Waals surface area contributed by atoms with Crippen LogP contribution in [0.2, 0.25) is 0 Å². The van der Waals surface area contributed by atoms with E-state index >= 15 is 0 Å². The molecule has 0 aromatic carbocycles. The maximum atomic E-state index is 13.3. The van der Waals surface area contributed by atoms with E-state index in [9.17, 15) is 18.0 Å². The van der Waals surface area contributed by atoms with Crippen molar-refractivity contribution < 1.29 is 13.2 Å². The summed E-state index contributed by atoms with van der Waals surface area (Å²) in [6, 6.07) is 3.20. The molecule has 2 fully saturated rings. The van der Waals surface area contributed by atoms with Crippen LogP contribution in [0.5, 0.6) is 0 Å². The summed E-state index contributed by atoms with van der Waals surface area (Å²) in [4.78, 5) is 32.8. The third kappa shape index (κ3) is 4.33. The van der Waals surface area contributed by atoms with Crippen LogP contribution in [0.15, 0.2) is 28.0 Å². The molecule has 0 aliphatic carbocycles. The van der Waals surface area contributed by atoms with E-state index in [1.807, 2.05) is 26.8 Å². The summed E-state index contributed by atoms with van der Waals surface area (Å²) in [5, 5.41) is 3.23. The van der Waals surface area contributed by atoms with Crippen LogP contribution in [0, 0.1) is 12.8 Å². The number of nitrogens with zero attached hydrogens (tertiary/aromatic N) is 3. The number of amides is 1. The van der Waals surface area contributed by atoms with Gasteiger partial charge in [-0.15, -0.1) is 0 Å². The van der Waals surface area contributed by atoms with Crippen molar-refractivity contribution in [2.45, 2.75) is 33.2 Å². The van der Waals surface area contributed by atoms with Crippen LogP contribution in [0.4, 0.5) is 5.82 Å². The molecule has 2 aliphatic rings. The number of hydrogen-bond donors (Lipinski definition) is 1. The smallest absolute Gasteiger partial charge is 0.267 e. The Balaban J connectivity index is 1.78. The number of hydrogen-bond acceptors (Lipinski definition) is 8. The average Bonchev–Trinajstić information content (AvgIpc) is 3.20. The van der Waals surface area contributed by atoms with Crippen molar-refractivity contribution in [2.24, 2.45) is 5.92 Å². The van der Waals surface area contributed by atoms with E-state index < -0.39 is 15.9 Å². The van der Waals surface area contributed by atoms with Gasteiger partial charge in [-0.2, -0.15) is 0 Å². The van der Waals surface area contributed by atoms with Gasteiger partial charge in [0.1, 0.15) is 15.8 Å². The minimum Gasteiger partial charge on any atom is -0.369 e. The molecule has 4 rings (SSSR count). The highest BCUT2D eigenvalue weighted by molar-refractivity contribution is 8.26. The second kappa shape index (κ2) is 8.60. The highest BCUT2D eigenvalue weighted by atomic mass is 32.2. The number of rotatable bonds is 5. The number of carbonyl (C=O) groups excluding carboxylic acids is 1. The SMILES string of the molecule is Cc1cccn2c(=O)c(/C=C3/SC(=S)N([C@@H]4CCS(=O)(=O)C4)C3=O)c(NCC(C)C)nc12. The zero-order valence-corrected chi connectivity index (χ0v) is 20.4. The number of carbonyl (C=O) groups is 1. The lowest BCUT2D eigenvalue weighted by molar-refractivity contribution is -0.123. The maximum Gasteiger partial charge on any atom is 0.267 e. The van der Waals surface area contributed by atoms with E-state index in [1.54, 1.807) is 12.3 Å². The molecule has 2 aliphatic heterocycles. The van der Waals surface area contributed by atoms with E-state index in [-0.39, 0.29) is 28.5 Å². The fraction of sp³-hybridized carbons (Fsp3) is 0.429. The molecule has 1 atom stereocenters. The number of aryl methyl sites for hydroxylation is 1. The van der Waals surface area contributed by atoms with Gasteiger partial charge in [-0.3, -0.25) is 18.9 Å². The predicted molar refractivity (Wildman–Crippen MR) is 132 cm³/mol. The number of pyridine rings is 1. The molecule has 8 nitrogen and oxygen atoms in total. The molecule has 1 amide bonds. The van der Waals surface area contributed by atoms with Crippen LogP contribution in [-0.2, 0) is 14.6 Å². The molecule has 0 radical (unpaired) electrons. The van der Waals surface area contributed by atoms with E-state index in [0.717, 1.165) is 17.3 Å². The second-order valence-corrected chi connectivity index (χ2v) is 12.4. The van der Waals surface area contributed by atoms with Crippen molar-refractivity contribution >= 4 is 61.6 Å². The largest absolute Gasteiger partial charge is 0.369 e. The van der Waals surface area contributed by atoms with Crippen molar-refractivity contribution in [2.75, 3.05) is 23.4 Å². The van der Waals surface area contributed by atoms with Crippen LogP contribution in [0.3, 0.4) is 0 Å². The van der Waals surface area contributed by atoms with E-state index in [2.05, 4.69) is 10.3 Å². The molecule has 11 heteroatoms. The van der Waals surface area contributed by atoms with Crippen molar-refractivity contribution in [1.82, 2.24) is 14.3 Å². The van der Waals surface area contributed by atoms with Gasteiger partial charge in [0.25, 0.3) is 11.5 Å². The zero-order chi connectivity index (χ0) is 23.2. The van der Waals surface area contributed by atoms with Gasteiger partial charge >= 0.3 is 0 Å². The quantitative estimate of drug-likeness (QED) is 0.502. The van der Waals surface area contributed by atoms with Crippen LogP contribution < -0.4 is 10.9 Å². The Morgan fingerprint density at radius 1 is 1.38 bits per heavy atom. The van der Waals surface area contributed by atoms with Gasteiger partial charge in [0.05, 0.1) is 28.0 Å². The number of fused-ring (bicyclic) bond motifs is 1. The fourth-order valence-electron chi connectivity index (χ4n) is 3.78. The molecule has 32 heavy (non-hydrogen) atoms. The number of nitrogens with one attached hydrogen (secondary N) is 1. The number of aromatic nitrogens is 2. The monoisotopic (exact) mass is 492 g/mol. The lowest BCUT2D eigenvalue weighted by atomic mass is 10.2. The molecule has 2 aromatic heterocycles. The standard InChI is InChI=1S/C21H24N4O4S3/c1-12(2)10-22-17-15(19(26)24-7-4-5-13(3)18(24)23-17)9-16-20(27)25(21(30)31-16)14-6-8-32(28,29)11-14/h4-5,7,9,12,14,22H,6,8,10-11H2,1-3H3/b16-9+/t14-/m1/s1. The molecule has 2 aromatic rings. The molecule has 0 bridgehead atoms. The van der Waals surface area contributed by atoms with Gasteiger partial charge in [0.15, 0.2) is 9.84 Å². The van der Waals surface area contributed by atoms with E-state index in [4.69, 9.17) is 12.2 Å². The van der Waals surface area contributed by atoms with E-state index in [1.165, 1.54) is 15.4 Å². The van der Waals surface area contributed by atoms with Crippen LogP contribution in [-0.4, -0.2) is 57.0 Å². The second-order valence-electron chi connectivity index (χ2n) is 8.45. The molecule has 2 saturated heterocycles. The first-order valence-corrected chi connectivity index (χ1v) is 13.4. The van der Waals surface area contributed by atoms with Crippen molar-refractivity contribution in [3.8, 4) is 0 Å². The normalized spacial score (nSPS) is 21.9. The van der Waals surface area contributed by atoms with Crippen molar-refractivity contribution in [3.63, 3.8) is 0 Å². The van der Waals surface area contributed by atoms with Gasteiger partial charge in [0.2, 0.25) is 0 Å². The van der Waals surface area contributed by atoms with Gasteiger partial charge in [-0.1, -0.05) is 43.9 Å². The lowest BCUT2D eigenvalue weighted by Gasteiger charge is -2.20. The van der Waals surface area contributed by atoms with E-state index in [0.29, 0.717) is 39.6 Å². The topological polar surface area (TPSA) is 101 Å². The van der Waals surface area contributed by atoms with Gasteiger partial charge in [-0.25, -0.2) is 13.4 Å². The Hall–Kier alpha value is -2.24. The third-order valence-electron chi connectivity index (χ3n) is 5.43. The molecule has 0 spiro atoms. The van der Waals surface area contributed by atoms with Gasteiger partial charge in [-0.05, 0) is 37.0 Å². The molecular weight excluding hydrogens is 468 g/mol. The molecule has 4 heterocycles. The molecule has 0 unspecified atom stereocenters. The van der Waals surface area contributed by atoms with Gasteiger partial charge < -0.3 is 5.32 Å². The Bertz CT molecular complexity index is 1310. The summed E-state index contributed by atoms with van der Waals surface area (Å²) in [6.45, 7) is 6.59. The number of anilines is 1. The molecule has 0 saturated carbocycles. The van der Waals surface area contributed by atoms with Crippen LogP contribution in [0.25, 0.3) is 11.7 Å². The van der Waals surface area contributed by atoms with Gasteiger partial charge in [0, 0.05) is 12.7 Å². The minimum absolute atomic E-state index is 0.0480. The summed E-state index contributed by atoms with van der Waals surface area (Å²) in [5.74, 6) is 0.319. The molecular formula is C21H24N4O4S3. The van der Waals surface area contributed by atoms with Crippen LogP contribution >= 0.6 is 24.0 Å². The Kier molecular flexibility index (Phi) is 6.17. The summed E-state index contributed by atoms with van der Waals surface area (Å²) in [5.41, 5.74) is 1.38.